The van der Waals surface area contributed by atoms with Crippen LogP contribution in [0.4, 0.5) is 25.5 Å². The molecule has 1 fully saturated rings. The second kappa shape index (κ2) is 9.33. The van der Waals surface area contributed by atoms with Crippen LogP contribution in [0.2, 0.25) is 0 Å². The van der Waals surface area contributed by atoms with E-state index in [1.807, 2.05) is 59.7 Å². The first-order chi connectivity index (χ1) is 16.4. The quantitative estimate of drug-likeness (QED) is 0.555. The SMILES string of the molecule is CC(C)(C)OC(=O)N1CCN(c2nnc(Nc3ccc4c(cnn4C(=O)OC(C)(C)C)c3)s2)CC1. The summed E-state index contributed by atoms with van der Waals surface area (Å²) in [6, 6.07) is 5.56. The van der Waals surface area contributed by atoms with Crippen LogP contribution >= 0.6 is 11.3 Å². The van der Waals surface area contributed by atoms with Gasteiger partial charge in [-0.15, -0.1) is 10.2 Å². The monoisotopic (exact) mass is 501 g/mol. The molecule has 1 aromatic carbocycles. The fraction of sp³-hybridized carbons (Fsp3) is 0.522. The Bertz CT molecular complexity index is 1220. The van der Waals surface area contributed by atoms with Gasteiger partial charge in [0, 0.05) is 37.3 Å². The fourth-order valence-electron chi connectivity index (χ4n) is 3.49. The third-order valence-corrected chi connectivity index (χ3v) is 5.90. The molecule has 0 aliphatic carbocycles. The van der Waals surface area contributed by atoms with Crippen molar-refractivity contribution in [2.45, 2.75) is 52.7 Å². The maximum Gasteiger partial charge on any atom is 0.435 e. The van der Waals surface area contributed by atoms with E-state index in [4.69, 9.17) is 9.47 Å². The summed E-state index contributed by atoms with van der Waals surface area (Å²) >= 11 is 1.44. The predicted octanol–water partition coefficient (Wildman–Crippen LogP) is 4.47. The summed E-state index contributed by atoms with van der Waals surface area (Å²) in [6.45, 7) is 13.5. The number of nitrogens with zero attached hydrogens (tertiary/aromatic N) is 6. The highest BCUT2D eigenvalue weighted by atomic mass is 32.1. The van der Waals surface area contributed by atoms with Gasteiger partial charge in [-0.25, -0.2) is 9.59 Å². The maximum absolute atomic E-state index is 12.4. The number of nitrogens with one attached hydrogen (secondary N) is 1. The van der Waals surface area contributed by atoms with Crippen molar-refractivity contribution in [1.29, 1.82) is 0 Å². The molecule has 0 radical (unpaired) electrons. The van der Waals surface area contributed by atoms with Crippen LogP contribution in [0.5, 0.6) is 0 Å². The van der Waals surface area contributed by atoms with Crippen LogP contribution in [0.3, 0.4) is 0 Å². The Morgan fingerprint density at radius 2 is 1.60 bits per heavy atom. The van der Waals surface area contributed by atoms with Gasteiger partial charge in [-0.05, 0) is 59.7 Å². The first-order valence-corrected chi connectivity index (χ1v) is 12.2. The van der Waals surface area contributed by atoms with E-state index < -0.39 is 17.3 Å². The van der Waals surface area contributed by atoms with E-state index in [0.717, 1.165) is 16.2 Å². The smallest absolute Gasteiger partial charge is 0.435 e. The third kappa shape index (κ3) is 6.18. The molecule has 3 heterocycles. The van der Waals surface area contributed by atoms with Gasteiger partial charge < -0.3 is 24.6 Å². The lowest BCUT2D eigenvalue weighted by Crippen LogP contribution is -2.50. The lowest BCUT2D eigenvalue weighted by atomic mass is 10.2. The van der Waals surface area contributed by atoms with Gasteiger partial charge >= 0.3 is 12.2 Å². The molecule has 0 unspecified atom stereocenters. The minimum absolute atomic E-state index is 0.290. The van der Waals surface area contributed by atoms with E-state index in [1.54, 1.807) is 11.1 Å². The molecular formula is C23H31N7O4S. The van der Waals surface area contributed by atoms with Crippen LogP contribution in [0.25, 0.3) is 10.9 Å². The molecule has 1 amide bonds. The molecule has 3 aromatic rings. The van der Waals surface area contributed by atoms with Crippen LogP contribution in [0, 0.1) is 0 Å². The lowest BCUT2D eigenvalue weighted by molar-refractivity contribution is 0.0240. The number of fused-ring (bicyclic) bond motifs is 1. The van der Waals surface area contributed by atoms with Crippen molar-refractivity contribution in [2.75, 3.05) is 36.4 Å². The van der Waals surface area contributed by atoms with Crippen LogP contribution < -0.4 is 10.2 Å². The number of benzene rings is 1. The normalized spacial score (nSPS) is 14.8. The highest BCUT2D eigenvalue weighted by molar-refractivity contribution is 7.19. The Balaban J connectivity index is 1.37. The number of carbonyl (C=O) groups is 2. The van der Waals surface area contributed by atoms with E-state index in [0.29, 0.717) is 36.8 Å². The molecular weight excluding hydrogens is 470 g/mol. The summed E-state index contributed by atoms with van der Waals surface area (Å²) in [5, 5.41) is 18.2. The minimum Gasteiger partial charge on any atom is -0.444 e. The number of rotatable bonds is 3. The number of amides is 1. The molecule has 0 spiro atoms. The molecule has 4 rings (SSSR count). The predicted molar refractivity (Wildman–Crippen MR) is 135 cm³/mol. The molecule has 188 valence electrons. The molecule has 1 aliphatic heterocycles. The van der Waals surface area contributed by atoms with E-state index >= 15 is 0 Å². The van der Waals surface area contributed by atoms with Gasteiger partial charge in [0.1, 0.15) is 11.2 Å². The molecule has 0 saturated carbocycles. The Labute approximate surface area is 208 Å². The van der Waals surface area contributed by atoms with Gasteiger partial charge in [0.2, 0.25) is 10.3 Å². The van der Waals surface area contributed by atoms with Gasteiger partial charge in [0.15, 0.2) is 0 Å². The van der Waals surface area contributed by atoms with Crippen LogP contribution in [-0.4, -0.2) is 74.4 Å². The van der Waals surface area contributed by atoms with Crippen molar-refractivity contribution in [1.82, 2.24) is 24.9 Å². The third-order valence-electron chi connectivity index (χ3n) is 5.00. The Hall–Kier alpha value is -3.41. The zero-order chi connectivity index (χ0) is 25.4. The zero-order valence-electron chi connectivity index (χ0n) is 20.9. The van der Waals surface area contributed by atoms with Crippen molar-refractivity contribution < 1.29 is 19.1 Å². The molecule has 0 atom stereocenters. The van der Waals surface area contributed by atoms with E-state index in [2.05, 4.69) is 25.5 Å². The van der Waals surface area contributed by atoms with Crippen LogP contribution in [0.15, 0.2) is 24.4 Å². The number of anilines is 3. The van der Waals surface area contributed by atoms with E-state index in [9.17, 15) is 9.59 Å². The zero-order valence-corrected chi connectivity index (χ0v) is 21.7. The average Bonchev–Trinajstić information content (AvgIpc) is 3.38. The second-order valence-corrected chi connectivity index (χ2v) is 11.2. The summed E-state index contributed by atoms with van der Waals surface area (Å²) < 4.78 is 12.1. The van der Waals surface area contributed by atoms with Crippen LogP contribution in [-0.2, 0) is 9.47 Å². The molecule has 1 aliphatic rings. The number of ether oxygens (including phenoxy) is 2. The minimum atomic E-state index is -0.602. The topological polar surface area (TPSA) is 115 Å². The summed E-state index contributed by atoms with van der Waals surface area (Å²) in [7, 11) is 0. The van der Waals surface area contributed by atoms with Gasteiger partial charge in [-0.1, -0.05) is 11.3 Å². The average molecular weight is 502 g/mol. The van der Waals surface area contributed by atoms with E-state index in [-0.39, 0.29) is 6.09 Å². The summed E-state index contributed by atoms with van der Waals surface area (Å²) in [5.41, 5.74) is 0.351. The van der Waals surface area contributed by atoms with Crippen LogP contribution in [0.1, 0.15) is 41.5 Å². The molecule has 35 heavy (non-hydrogen) atoms. The van der Waals surface area contributed by atoms with E-state index in [1.165, 1.54) is 16.0 Å². The Kier molecular flexibility index (Phi) is 6.58. The molecule has 1 N–H and O–H groups in total. The van der Waals surface area contributed by atoms with Gasteiger partial charge in [0.25, 0.3) is 0 Å². The Morgan fingerprint density at radius 3 is 2.26 bits per heavy atom. The standard InChI is InChI=1S/C23H31N7O4S/c1-22(2,3)33-20(31)29-11-9-28(10-12-29)19-27-26-18(35-19)25-16-7-8-17-15(13-16)14-24-30(17)21(32)34-23(4,5)6/h7-8,13-14H,9-12H2,1-6H3,(H,25,26). The first kappa shape index (κ1) is 24.7. The van der Waals surface area contributed by atoms with Gasteiger partial charge in [0.05, 0.1) is 11.7 Å². The molecule has 2 aromatic heterocycles. The van der Waals surface area contributed by atoms with Crippen molar-refractivity contribution in [3.63, 3.8) is 0 Å². The number of hydrogen-bond acceptors (Lipinski definition) is 10. The molecule has 0 bridgehead atoms. The fourth-order valence-corrected chi connectivity index (χ4v) is 4.30. The van der Waals surface area contributed by atoms with Gasteiger partial charge in [-0.2, -0.15) is 9.78 Å². The molecule has 12 heteroatoms. The van der Waals surface area contributed by atoms with Crippen molar-refractivity contribution in [3.05, 3.63) is 24.4 Å². The summed E-state index contributed by atoms with van der Waals surface area (Å²) in [4.78, 5) is 28.5. The van der Waals surface area contributed by atoms with Crippen molar-refractivity contribution in [2.24, 2.45) is 0 Å². The number of hydrogen-bond donors (Lipinski definition) is 1. The largest absolute Gasteiger partial charge is 0.444 e. The van der Waals surface area contributed by atoms with Crippen molar-refractivity contribution in [3.8, 4) is 0 Å². The number of piperazine rings is 1. The summed E-state index contributed by atoms with van der Waals surface area (Å²) in [6.07, 6.45) is 0.816. The highest BCUT2D eigenvalue weighted by Gasteiger charge is 2.27. The Morgan fingerprint density at radius 1 is 0.943 bits per heavy atom. The van der Waals surface area contributed by atoms with Crippen molar-refractivity contribution >= 4 is 50.4 Å². The molecule has 1 saturated heterocycles. The van der Waals surface area contributed by atoms with Gasteiger partial charge in [-0.3, -0.25) is 0 Å². The lowest BCUT2D eigenvalue weighted by Gasteiger charge is -2.35. The number of carbonyl (C=O) groups excluding carboxylic acids is 2. The summed E-state index contributed by atoms with van der Waals surface area (Å²) in [5.74, 6) is 0. The second-order valence-electron chi connectivity index (χ2n) is 10.3. The first-order valence-electron chi connectivity index (χ1n) is 11.4. The highest BCUT2D eigenvalue weighted by Crippen LogP contribution is 2.29. The molecule has 11 nitrogen and oxygen atoms in total. The maximum atomic E-state index is 12.4. The number of aromatic nitrogens is 4.